The highest BCUT2D eigenvalue weighted by molar-refractivity contribution is 5.71. The summed E-state index contributed by atoms with van der Waals surface area (Å²) in [7, 11) is 0. The SMILES string of the molecule is CC/C=C\C/C=C\C/C=C\C/C=C\C/C=C\C/C=C\C/C=C\C/C=C\C/C=C\CCCCCCCCCC(=O)OCC(COC(=O)CCCCCCCCCCCC)OC(=O)CCCCCCCCC/C=C\C/C=C\C/C=C\CC. The van der Waals surface area contributed by atoms with Crippen LogP contribution in [0.4, 0.5) is 0 Å². The van der Waals surface area contributed by atoms with Gasteiger partial charge in [0.1, 0.15) is 13.2 Å². The second-order valence-corrected chi connectivity index (χ2v) is 21.3. The normalized spacial score (nSPS) is 13.1. The molecule has 0 aliphatic heterocycles. The van der Waals surface area contributed by atoms with E-state index < -0.39 is 6.10 Å². The quantitative estimate of drug-likeness (QED) is 0.0261. The Morgan fingerprint density at radius 1 is 0.263 bits per heavy atom. The van der Waals surface area contributed by atoms with Crippen LogP contribution in [0.25, 0.3) is 0 Å². The third kappa shape index (κ3) is 64.1. The predicted octanol–water partition coefficient (Wildman–Crippen LogP) is 22.7. The number of hydrogen-bond acceptors (Lipinski definition) is 6. The monoisotopic (exact) mass is 1100 g/mol. The fourth-order valence-corrected chi connectivity index (χ4v) is 8.74. The van der Waals surface area contributed by atoms with Crippen molar-refractivity contribution in [1.29, 1.82) is 0 Å². The second-order valence-electron chi connectivity index (χ2n) is 21.3. The third-order valence-corrected chi connectivity index (χ3v) is 13.6. The van der Waals surface area contributed by atoms with E-state index in [0.717, 1.165) is 148 Å². The summed E-state index contributed by atoms with van der Waals surface area (Å²) in [6.07, 6.45) is 95.8. The standard InChI is InChI=1S/C74H120O6/c1-4-7-10-13-16-19-22-24-26-28-29-30-31-32-33-34-35-36-37-38-39-40-41-42-43-44-45-47-48-50-52-55-58-61-64-67-73(76)79-70-71(69-78-72(75)66-63-60-57-54-21-18-15-12-9-6-3)80-74(77)68-65-62-59-56-53-51-49-46-27-25-23-20-17-14-11-8-5-2/h7-8,10-11,16-17,19-20,24-27,29-30,32-33,35-36,38-39,41-42,44-45,71H,4-6,9,12-15,18,21-23,28,31,34,37,40,43,46-70H2,1-3H3/b10-7-,11-8-,19-16-,20-17-,26-24-,27-25-,30-29-,33-32-,36-35-,39-38-,42-41-,45-44-. The van der Waals surface area contributed by atoms with E-state index in [9.17, 15) is 14.4 Å². The molecule has 80 heavy (non-hydrogen) atoms. The van der Waals surface area contributed by atoms with Gasteiger partial charge in [0.15, 0.2) is 6.10 Å². The molecule has 0 aliphatic rings. The summed E-state index contributed by atoms with van der Waals surface area (Å²) in [4.78, 5) is 38.2. The molecule has 0 N–H and O–H groups in total. The largest absolute Gasteiger partial charge is 0.462 e. The van der Waals surface area contributed by atoms with E-state index >= 15 is 0 Å². The van der Waals surface area contributed by atoms with E-state index in [0.29, 0.717) is 19.3 Å². The Morgan fingerprint density at radius 2 is 0.487 bits per heavy atom. The van der Waals surface area contributed by atoms with E-state index in [1.165, 1.54) is 96.3 Å². The Hall–Kier alpha value is -4.71. The summed E-state index contributed by atoms with van der Waals surface area (Å²) in [5, 5.41) is 0. The Labute approximate surface area is 493 Å². The smallest absolute Gasteiger partial charge is 0.306 e. The Bertz CT molecular complexity index is 1750. The average molecular weight is 1110 g/mol. The molecule has 1 unspecified atom stereocenters. The van der Waals surface area contributed by atoms with Crippen LogP contribution < -0.4 is 0 Å². The summed E-state index contributed by atoms with van der Waals surface area (Å²) in [5.74, 6) is -0.909. The fourth-order valence-electron chi connectivity index (χ4n) is 8.74. The molecule has 0 heterocycles. The van der Waals surface area contributed by atoms with Crippen LogP contribution >= 0.6 is 0 Å². The molecule has 6 nitrogen and oxygen atoms in total. The molecule has 0 rings (SSSR count). The first kappa shape index (κ1) is 75.3. The van der Waals surface area contributed by atoms with Crippen LogP contribution in [-0.2, 0) is 28.6 Å². The van der Waals surface area contributed by atoms with Gasteiger partial charge in [-0.1, -0.05) is 289 Å². The van der Waals surface area contributed by atoms with E-state index in [1.807, 2.05) is 0 Å². The summed E-state index contributed by atoms with van der Waals surface area (Å²) in [6, 6.07) is 0. The lowest BCUT2D eigenvalue weighted by Gasteiger charge is -2.18. The first-order valence-corrected chi connectivity index (χ1v) is 32.8. The zero-order valence-electron chi connectivity index (χ0n) is 51.8. The lowest BCUT2D eigenvalue weighted by molar-refractivity contribution is -0.167. The molecule has 0 amide bonds. The average Bonchev–Trinajstić information content (AvgIpc) is 3.46. The van der Waals surface area contributed by atoms with Crippen LogP contribution in [0, 0.1) is 0 Å². The van der Waals surface area contributed by atoms with Gasteiger partial charge >= 0.3 is 17.9 Å². The number of carbonyl (C=O) groups is 3. The van der Waals surface area contributed by atoms with Gasteiger partial charge in [0.05, 0.1) is 0 Å². The highest BCUT2D eigenvalue weighted by Gasteiger charge is 2.19. The van der Waals surface area contributed by atoms with Crippen molar-refractivity contribution < 1.29 is 28.6 Å². The number of unbranched alkanes of at least 4 members (excludes halogenated alkanes) is 23. The van der Waals surface area contributed by atoms with Crippen molar-refractivity contribution >= 4 is 17.9 Å². The zero-order valence-corrected chi connectivity index (χ0v) is 51.8. The van der Waals surface area contributed by atoms with Gasteiger partial charge in [0, 0.05) is 19.3 Å². The number of allylic oxidation sites excluding steroid dienone is 24. The van der Waals surface area contributed by atoms with Gasteiger partial charge in [-0.15, -0.1) is 0 Å². The number of ether oxygens (including phenoxy) is 3. The maximum absolute atomic E-state index is 12.9. The molecule has 0 aromatic carbocycles. The molecular formula is C74H120O6. The minimum atomic E-state index is -0.791. The van der Waals surface area contributed by atoms with E-state index in [4.69, 9.17) is 14.2 Å². The molecule has 0 bridgehead atoms. The topological polar surface area (TPSA) is 78.9 Å². The van der Waals surface area contributed by atoms with Crippen molar-refractivity contribution in [1.82, 2.24) is 0 Å². The fraction of sp³-hybridized carbons (Fsp3) is 0.635. The van der Waals surface area contributed by atoms with Gasteiger partial charge in [-0.25, -0.2) is 0 Å². The molecule has 0 spiro atoms. The maximum Gasteiger partial charge on any atom is 0.306 e. The summed E-state index contributed by atoms with van der Waals surface area (Å²) < 4.78 is 16.9. The van der Waals surface area contributed by atoms with Crippen molar-refractivity contribution in [3.05, 3.63) is 146 Å². The first-order chi connectivity index (χ1) is 39.5. The number of rotatable bonds is 58. The molecule has 0 saturated carbocycles. The summed E-state index contributed by atoms with van der Waals surface area (Å²) in [6.45, 7) is 6.39. The molecule has 6 heteroatoms. The number of carbonyl (C=O) groups excluding carboxylic acids is 3. The molecule has 0 fully saturated rings. The molecule has 0 saturated heterocycles. The van der Waals surface area contributed by atoms with Crippen LogP contribution in [0.3, 0.4) is 0 Å². The van der Waals surface area contributed by atoms with Crippen LogP contribution in [-0.4, -0.2) is 37.2 Å². The first-order valence-electron chi connectivity index (χ1n) is 32.8. The van der Waals surface area contributed by atoms with Crippen LogP contribution in [0.2, 0.25) is 0 Å². The predicted molar refractivity (Wildman–Crippen MR) is 348 cm³/mol. The van der Waals surface area contributed by atoms with Crippen LogP contribution in [0.15, 0.2) is 146 Å². The van der Waals surface area contributed by atoms with Gasteiger partial charge in [-0.05, 0) is 122 Å². The van der Waals surface area contributed by atoms with E-state index in [2.05, 4.69) is 167 Å². The third-order valence-electron chi connectivity index (χ3n) is 13.6. The summed E-state index contributed by atoms with van der Waals surface area (Å²) in [5.41, 5.74) is 0. The van der Waals surface area contributed by atoms with Crippen LogP contribution in [0.1, 0.15) is 284 Å². The van der Waals surface area contributed by atoms with Gasteiger partial charge in [-0.3, -0.25) is 14.4 Å². The summed E-state index contributed by atoms with van der Waals surface area (Å²) >= 11 is 0. The highest BCUT2D eigenvalue weighted by atomic mass is 16.6. The Balaban J connectivity index is 4.24. The zero-order chi connectivity index (χ0) is 57.8. The lowest BCUT2D eigenvalue weighted by atomic mass is 10.1. The molecule has 0 aliphatic carbocycles. The Kier molecular flexibility index (Phi) is 62.9. The number of esters is 3. The van der Waals surface area contributed by atoms with Gasteiger partial charge in [0.2, 0.25) is 0 Å². The van der Waals surface area contributed by atoms with E-state index in [-0.39, 0.29) is 31.1 Å². The number of hydrogen-bond donors (Lipinski definition) is 0. The van der Waals surface area contributed by atoms with Gasteiger partial charge in [0.25, 0.3) is 0 Å². The lowest BCUT2D eigenvalue weighted by Crippen LogP contribution is -2.30. The van der Waals surface area contributed by atoms with E-state index in [1.54, 1.807) is 0 Å². The molecular weight excluding hydrogens is 985 g/mol. The van der Waals surface area contributed by atoms with Gasteiger partial charge < -0.3 is 14.2 Å². The van der Waals surface area contributed by atoms with Crippen molar-refractivity contribution in [2.45, 2.75) is 290 Å². The molecule has 0 aromatic rings. The Morgan fingerprint density at radius 3 is 0.762 bits per heavy atom. The maximum atomic E-state index is 12.9. The molecule has 452 valence electrons. The van der Waals surface area contributed by atoms with Crippen molar-refractivity contribution in [2.75, 3.05) is 13.2 Å². The minimum Gasteiger partial charge on any atom is -0.462 e. The van der Waals surface area contributed by atoms with Crippen molar-refractivity contribution in [3.63, 3.8) is 0 Å². The van der Waals surface area contributed by atoms with Crippen molar-refractivity contribution in [2.24, 2.45) is 0 Å². The van der Waals surface area contributed by atoms with Gasteiger partial charge in [-0.2, -0.15) is 0 Å². The second kappa shape index (κ2) is 66.8. The highest BCUT2D eigenvalue weighted by Crippen LogP contribution is 2.15. The minimum absolute atomic E-state index is 0.0872. The van der Waals surface area contributed by atoms with Crippen molar-refractivity contribution in [3.8, 4) is 0 Å². The molecule has 0 aromatic heterocycles. The molecule has 0 radical (unpaired) electrons. The van der Waals surface area contributed by atoms with Crippen LogP contribution in [0.5, 0.6) is 0 Å². The molecule has 1 atom stereocenters.